The molecule has 1 saturated heterocycles. The number of rotatable bonds is 7. The lowest BCUT2D eigenvalue weighted by atomic mass is 10.1. The Kier molecular flexibility index (Phi) is 7.60. The van der Waals surface area contributed by atoms with E-state index in [2.05, 4.69) is 9.88 Å². The molecule has 33 heavy (non-hydrogen) atoms. The van der Waals surface area contributed by atoms with Crippen molar-refractivity contribution in [1.82, 2.24) is 19.4 Å². The average molecular weight is 487 g/mol. The number of hydrogen-bond donors (Lipinski definition) is 1. The van der Waals surface area contributed by atoms with Crippen molar-refractivity contribution in [2.45, 2.75) is 19.5 Å². The Balaban J connectivity index is 1.44. The van der Waals surface area contributed by atoms with Crippen LogP contribution in [0.25, 0.3) is 10.9 Å². The van der Waals surface area contributed by atoms with E-state index in [-0.39, 0.29) is 11.5 Å². The summed E-state index contributed by atoms with van der Waals surface area (Å²) in [4.78, 5) is 33.3. The predicted molar refractivity (Wildman–Crippen MR) is 133 cm³/mol. The summed E-state index contributed by atoms with van der Waals surface area (Å²) in [6.45, 7) is 4.79. The fraction of sp³-hybridized carbons (Fsp3) is 0.375. The quantitative estimate of drug-likeness (QED) is 0.407. The summed E-state index contributed by atoms with van der Waals surface area (Å²) in [5, 5.41) is 1.25. The SMILES string of the molecule is COCCCn1c(=S)[nH]c2cc(C(=O)N3CCN(Cc4ccc(Cl)cc4)CC3)ccc2c1=O. The molecule has 0 saturated carbocycles. The van der Waals surface area contributed by atoms with Crippen molar-refractivity contribution in [3.05, 3.63) is 73.7 Å². The van der Waals surface area contributed by atoms with Crippen molar-refractivity contribution in [3.63, 3.8) is 0 Å². The summed E-state index contributed by atoms with van der Waals surface area (Å²) in [7, 11) is 1.63. The summed E-state index contributed by atoms with van der Waals surface area (Å²) in [6, 6.07) is 13.0. The van der Waals surface area contributed by atoms with E-state index in [1.807, 2.05) is 29.2 Å². The van der Waals surface area contributed by atoms with Crippen LogP contribution in [0, 0.1) is 4.77 Å². The number of benzene rings is 2. The molecular formula is C24H27ClN4O3S. The number of aromatic amines is 1. The summed E-state index contributed by atoms with van der Waals surface area (Å²) in [6.07, 6.45) is 0.694. The Morgan fingerprint density at radius 2 is 1.85 bits per heavy atom. The molecule has 0 atom stereocenters. The highest BCUT2D eigenvalue weighted by Crippen LogP contribution is 2.16. The van der Waals surface area contributed by atoms with Gasteiger partial charge in [-0.15, -0.1) is 0 Å². The second-order valence-corrected chi connectivity index (χ2v) is 9.01. The molecule has 1 fully saturated rings. The zero-order chi connectivity index (χ0) is 23.4. The van der Waals surface area contributed by atoms with Crippen LogP contribution in [0.1, 0.15) is 22.3 Å². The zero-order valence-corrected chi connectivity index (χ0v) is 20.1. The number of carbonyl (C=O) groups excluding carboxylic acids is 1. The lowest BCUT2D eigenvalue weighted by Gasteiger charge is -2.34. The van der Waals surface area contributed by atoms with Crippen molar-refractivity contribution in [2.75, 3.05) is 39.9 Å². The molecule has 9 heteroatoms. The van der Waals surface area contributed by atoms with Gasteiger partial charge in [0.25, 0.3) is 11.5 Å². The van der Waals surface area contributed by atoms with Gasteiger partial charge in [0.1, 0.15) is 0 Å². The van der Waals surface area contributed by atoms with E-state index in [0.29, 0.717) is 53.9 Å². The number of nitrogens with zero attached hydrogens (tertiary/aromatic N) is 3. The molecule has 3 aromatic rings. The molecule has 0 spiro atoms. The predicted octanol–water partition coefficient (Wildman–Crippen LogP) is 3.71. The Labute approximate surface area is 202 Å². The van der Waals surface area contributed by atoms with E-state index in [4.69, 9.17) is 28.6 Å². The number of aromatic nitrogens is 2. The Hall–Kier alpha value is -2.52. The topological polar surface area (TPSA) is 70.6 Å². The van der Waals surface area contributed by atoms with E-state index >= 15 is 0 Å². The van der Waals surface area contributed by atoms with Gasteiger partial charge in [-0.25, -0.2) is 0 Å². The monoisotopic (exact) mass is 486 g/mol. The number of halogens is 1. The van der Waals surface area contributed by atoms with Crippen LogP contribution >= 0.6 is 23.8 Å². The van der Waals surface area contributed by atoms with Crippen molar-refractivity contribution in [3.8, 4) is 0 Å². The van der Waals surface area contributed by atoms with Crippen molar-refractivity contribution < 1.29 is 9.53 Å². The number of carbonyl (C=O) groups is 1. The number of H-pyrrole nitrogens is 1. The maximum atomic E-state index is 13.1. The minimum Gasteiger partial charge on any atom is -0.385 e. The second-order valence-electron chi connectivity index (χ2n) is 8.19. The zero-order valence-electron chi connectivity index (χ0n) is 18.6. The van der Waals surface area contributed by atoms with Gasteiger partial charge in [-0.2, -0.15) is 0 Å². The number of fused-ring (bicyclic) bond motifs is 1. The molecule has 174 valence electrons. The maximum Gasteiger partial charge on any atom is 0.262 e. The molecule has 0 radical (unpaired) electrons. The lowest BCUT2D eigenvalue weighted by Crippen LogP contribution is -2.48. The molecule has 1 amide bonds. The van der Waals surface area contributed by atoms with Crippen LogP contribution in [-0.4, -0.2) is 65.2 Å². The molecule has 4 rings (SSSR count). The molecule has 0 bridgehead atoms. The first-order valence-electron chi connectivity index (χ1n) is 11.0. The highest BCUT2D eigenvalue weighted by Gasteiger charge is 2.22. The molecule has 2 aromatic carbocycles. The normalized spacial score (nSPS) is 14.7. The average Bonchev–Trinajstić information content (AvgIpc) is 2.82. The van der Waals surface area contributed by atoms with Crippen molar-refractivity contribution in [1.29, 1.82) is 0 Å². The van der Waals surface area contributed by atoms with E-state index in [1.54, 1.807) is 25.3 Å². The van der Waals surface area contributed by atoms with Crippen LogP contribution < -0.4 is 5.56 Å². The van der Waals surface area contributed by atoms with Crippen molar-refractivity contribution >= 4 is 40.6 Å². The van der Waals surface area contributed by atoms with E-state index in [1.165, 1.54) is 10.1 Å². The van der Waals surface area contributed by atoms with E-state index < -0.39 is 0 Å². The van der Waals surface area contributed by atoms with E-state index in [9.17, 15) is 9.59 Å². The number of nitrogens with one attached hydrogen (secondary N) is 1. The maximum absolute atomic E-state index is 13.1. The third kappa shape index (κ3) is 5.52. The minimum absolute atomic E-state index is 0.0355. The molecular weight excluding hydrogens is 460 g/mol. The van der Waals surface area contributed by atoms with Gasteiger partial charge in [-0.05, 0) is 54.5 Å². The van der Waals surface area contributed by atoms with Gasteiger partial charge in [-0.1, -0.05) is 23.7 Å². The Morgan fingerprint density at radius 3 is 2.55 bits per heavy atom. The summed E-state index contributed by atoms with van der Waals surface area (Å²) in [5.41, 5.74) is 2.19. The summed E-state index contributed by atoms with van der Waals surface area (Å²) < 4.78 is 6.95. The Morgan fingerprint density at radius 1 is 1.12 bits per heavy atom. The van der Waals surface area contributed by atoms with Crippen molar-refractivity contribution in [2.24, 2.45) is 0 Å². The smallest absolute Gasteiger partial charge is 0.262 e. The number of ether oxygens (including phenoxy) is 1. The van der Waals surface area contributed by atoms with Gasteiger partial charge >= 0.3 is 0 Å². The van der Waals surface area contributed by atoms with Gasteiger partial charge in [0.05, 0.1) is 10.9 Å². The number of amides is 1. The van der Waals surface area contributed by atoms with Crippen LogP contribution in [-0.2, 0) is 17.8 Å². The number of methoxy groups -OCH3 is 1. The standard InChI is InChI=1S/C24H27ClN4O3S/c1-32-14-2-9-29-23(31)20-8-5-18(15-21(20)26-24(29)33)22(30)28-12-10-27(11-13-28)16-17-3-6-19(25)7-4-17/h3-8,15H,2,9-14,16H2,1H3,(H,26,33). The molecule has 0 unspecified atom stereocenters. The number of hydrogen-bond acceptors (Lipinski definition) is 5. The Bertz CT molecular complexity index is 1250. The third-order valence-corrected chi connectivity index (χ3v) is 6.51. The first-order valence-corrected chi connectivity index (χ1v) is 11.8. The van der Waals surface area contributed by atoms with Crippen LogP contribution in [0.4, 0.5) is 0 Å². The third-order valence-electron chi connectivity index (χ3n) is 5.94. The second kappa shape index (κ2) is 10.6. The number of piperazine rings is 1. The van der Waals surface area contributed by atoms with Crippen LogP contribution in [0.2, 0.25) is 5.02 Å². The summed E-state index contributed by atoms with van der Waals surface area (Å²) >= 11 is 11.3. The van der Waals surface area contributed by atoms with Gasteiger partial charge in [0, 0.05) is 63.6 Å². The van der Waals surface area contributed by atoms with Gasteiger partial charge < -0.3 is 14.6 Å². The fourth-order valence-electron chi connectivity index (χ4n) is 4.10. The molecule has 1 aromatic heterocycles. The van der Waals surface area contributed by atoms with Gasteiger partial charge in [-0.3, -0.25) is 19.1 Å². The molecule has 1 aliphatic heterocycles. The molecule has 0 aliphatic carbocycles. The van der Waals surface area contributed by atoms with Crippen LogP contribution in [0.5, 0.6) is 0 Å². The minimum atomic E-state index is -0.153. The summed E-state index contributed by atoms with van der Waals surface area (Å²) in [5.74, 6) is -0.0355. The van der Waals surface area contributed by atoms with Crippen LogP contribution in [0.15, 0.2) is 47.3 Å². The molecule has 1 N–H and O–H groups in total. The molecule has 7 nitrogen and oxygen atoms in total. The highest BCUT2D eigenvalue weighted by atomic mass is 35.5. The molecule has 2 heterocycles. The highest BCUT2D eigenvalue weighted by molar-refractivity contribution is 7.71. The lowest BCUT2D eigenvalue weighted by molar-refractivity contribution is 0.0628. The largest absolute Gasteiger partial charge is 0.385 e. The molecule has 1 aliphatic rings. The first-order chi connectivity index (χ1) is 16.0. The van der Waals surface area contributed by atoms with E-state index in [0.717, 1.165) is 24.7 Å². The van der Waals surface area contributed by atoms with Gasteiger partial charge in [0.15, 0.2) is 4.77 Å². The fourth-order valence-corrected chi connectivity index (χ4v) is 4.51. The van der Waals surface area contributed by atoms with Gasteiger partial charge in [0.2, 0.25) is 0 Å². The first kappa shape index (κ1) is 23.6. The van der Waals surface area contributed by atoms with Crippen LogP contribution in [0.3, 0.4) is 0 Å².